The third-order valence-corrected chi connectivity index (χ3v) is 3.01. The molecule has 0 aliphatic heterocycles. The number of hydrogen-bond donors (Lipinski definition) is 1. The third kappa shape index (κ3) is 6.55. The van der Waals surface area contributed by atoms with Crippen molar-refractivity contribution in [2.24, 2.45) is 5.92 Å². The highest BCUT2D eigenvalue weighted by molar-refractivity contribution is 5.20. The molecular formula is C16H29NO3. The van der Waals surface area contributed by atoms with E-state index < -0.39 is 0 Å². The lowest BCUT2D eigenvalue weighted by atomic mass is 10.2. The van der Waals surface area contributed by atoms with Gasteiger partial charge in [-0.3, -0.25) is 0 Å². The summed E-state index contributed by atoms with van der Waals surface area (Å²) in [6, 6.07) is 2.08. The van der Waals surface area contributed by atoms with E-state index >= 15 is 0 Å². The number of rotatable bonds is 10. The van der Waals surface area contributed by atoms with Gasteiger partial charge in [0.05, 0.1) is 12.7 Å². The molecule has 116 valence electrons. The second kappa shape index (κ2) is 9.16. The molecule has 0 aliphatic rings. The van der Waals surface area contributed by atoms with E-state index in [2.05, 4.69) is 25.2 Å². The molecule has 1 aromatic rings. The fraction of sp³-hybridized carbons (Fsp3) is 0.750. The minimum atomic E-state index is 0.0860. The minimum Gasteiger partial charge on any atom is -0.464 e. The molecule has 0 aliphatic carbocycles. The fourth-order valence-corrected chi connectivity index (χ4v) is 1.89. The van der Waals surface area contributed by atoms with Crippen molar-refractivity contribution in [3.8, 4) is 0 Å². The Kier molecular flexibility index (Phi) is 7.88. The molecule has 0 bridgehead atoms. The molecular weight excluding hydrogens is 254 g/mol. The molecule has 1 unspecified atom stereocenters. The third-order valence-electron chi connectivity index (χ3n) is 3.01. The van der Waals surface area contributed by atoms with Gasteiger partial charge in [0, 0.05) is 18.7 Å². The summed E-state index contributed by atoms with van der Waals surface area (Å²) in [5.41, 5.74) is 1.21. The van der Waals surface area contributed by atoms with Gasteiger partial charge in [0.15, 0.2) is 0 Å². The molecule has 0 aromatic carbocycles. The average Bonchev–Trinajstić information content (AvgIpc) is 2.74. The van der Waals surface area contributed by atoms with Crippen molar-refractivity contribution >= 4 is 0 Å². The summed E-state index contributed by atoms with van der Waals surface area (Å²) >= 11 is 0. The molecule has 0 radical (unpaired) electrons. The van der Waals surface area contributed by atoms with E-state index in [-0.39, 0.29) is 6.10 Å². The van der Waals surface area contributed by atoms with Crippen LogP contribution in [0.4, 0.5) is 0 Å². The summed E-state index contributed by atoms with van der Waals surface area (Å²) in [6.07, 6.45) is 0.0860. The molecule has 0 saturated heterocycles. The maximum atomic E-state index is 5.72. The molecule has 4 nitrogen and oxygen atoms in total. The van der Waals surface area contributed by atoms with Crippen LogP contribution in [0.5, 0.6) is 0 Å². The molecule has 0 spiro atoms. The van der Waals surface area contributed by atoms with Crippen molar-refractivity contribution in [2.45, 2.75) is 53.9 Å². The van der Waals surface area contributed by atoms with Gasteiger partial charge in [-0.2, -0.15) is 0 Å². The fourth-order valence-electron chi connectivity index (χ4n) is 1.89. The van der Waals surface area contributed by atoms with Crippen LogP contribution in [0.25, 0.3) is 0 Å². The highest BCUT2D eigenvalue weighted by Crippen LogP contribution is 2.16. The topological polar surface area (TPSA) is 43.6 Å². The van der Waals surface area contributed by atoms with Crippen molar-refractivity contribution in [1.29, 1.82) is 0 Å². The molecule has 1 N–H and O–H groups in total. The molecule has 1 aromatic heterocycles. The molecule has 0 amide bonds. The summed E-state index contributed by atoms with van der Waals surface area (Å²) in [5, 5.41) is 3.43. The lowest BCUT2D eigenvalue weighted by Gasteiger charge is -2.11. The van der Waals surface area contributed by atoms with Gasteiger partial charge in [0.25, 0.3) is 0 Å². The molecule has 1 heterocycles. The maximum Gasteiger partial charge on any atom is 0.130 e. The molecule has 1 atom stereocenters. The first kappa shape index (κ1) is 17.2. The van der Waals surface area contributed by atoms with Gasteiger partial charge < -0.3 is 19.2 Å². The summed E-state index contributed by atoms with van der Waals surface area (Å²) in [7, 11) is 0. The quantitative estimate of drug-likeness (QED) is 0.715. The van der Waals surface area contributed by atoms with Gasteiger partial charge in [-0.25, -0.2) is 0 Å². The largest absolute Gasteiger partial charge is 0.464 e. The van der Waals surface area contributed by atoms with Crippen LogP contribution < -0.4 is 5.32 Å². The predicted molar refractivity (Wildman–Crippen MR) is 80.7 cm³/mol. The lowest BCUT2D eigenvalue weighted by Crippen LogP contribution is -2.19. The van der Waals surface area contributed by atoms with Crippen molar-refractivity contribution < 1.29 is 13.9 Å². The Balaban J connectivity index is 2.36. The summed E-state index contributed by atoms with van der Waals surface area (Å²) in [4.78, 5) is 0. The van der Waals surface area contributed by atoms with Crippen LogP contribution in [0, 0.1) is 12.8 Å². The first-order valence-electron chi connectivity index (χ1n) is 7.51. The van der Waals surface area contributed by atoms with Gasteiger partial charge in [-0.15, -0.1) is 0 Å². The highest BCUT2D eigenvalue weighted by Gasteiger charge is 2.09. The number of nitrogens with one attached hydrogen (secondary N) is 1. The van der Waals surface area contributed by atoms with Gasteiger partial charge in [0.2, 0.25) is 0 Å². The molecule has 4 heteroatoms. The number of aryl methyl sites for hydroxylation is 1. The Bertz CT molecular complexity index is 374. The van der Waals surface area contributed by atoms with Gasteiger partial charge in [0.1, 0.15) is 18.1 Å². The van der Waals surface area contributed by atoms with Crippen LogP contribution in [0.15, 0.2) is 10.5 Å². The smallest absolute Gasteiger partial charge is 0.130 e. The number of furan rings is 1. The van der Waals surface area contributed by atoms with Crippen molar-refractivity contribution in [3.05, 3.63) is 23.2 Å². The second-order valence-corrected chi connectivity index (χ2v) is 5.60. The van der Waals surface area contributed by atoms with Crippen LogP contribution in [-0.2, 0) is 22.6 Å². The number of hydrogen-bond acceptors (Lipinski definition) is 4. The van der Waals surface area contributed by atoms with E-state index in [1.807, 2.05) is 20.8 Å². The normalized spacial score (nSPS) is 13.1. The molecule has 0 fully saturated rings. The lowest BCUT2D eigenvalue weighted by molar-refractivity contribution is -0.0172. The second-order valence-electron chi connectivity index (χ2n) is 5.60. The van der Waals surface area contributed by atoms with Crippen molar-refractivity contribution in [2.75, 3.05) is 19.8 Å². The zero-order chi connectivity index (χ0) is 15.0. The first-order valence-corrected chi connectivity index (χ1v) is 7.51. The maximum absolute atomic E-state index is 5.72. The average molecular weight is 283 g/mol. The van der Waals surface area contributed by atoms with E-state index in [0.717, 1.165) is 31.2 Å². The van der Waals surface area contributed by atoms with E-state index in [9.17, 15) is 0 Å². The summed E-state index contributed by atoms with van der Waals surface area (Å²) < 4.78 is 16.7. The van der Waals surface area contributed by atoms with E-state index in [4.69, 9.17) is 13.9 Å². The van der Waals surface area contributed by atoms with E-state index in [1.54, 1.807) is 0 Å². The predicted octanol–water partition coefficient (Wildman–Crippen LogP) is 3.28. The summed E-state index contributed by atoms with van der Waals surface area (Å²) in [5.74, 6) is 2.51. The standard InChI is InChI=1S/C16H29NO3/c1-6-18-10-13(4)19-11-16-7-15(14(5)20-16)9-17-8-12(2)3/h7,12-13,17H,6,8-11H2,1-5H3. The van der Waals surface area contributed by atoms with Gasteiger partial charge in [-0.05, 0) is 39.3 Å². The van der Waals surface area contributed by atoms with Crippen molar-refractivity contribution in [3.63, 3.8) is 0 Å². The Morgan fingerprint density at radius 1 is 1.30 bits per heavy atom. The van der Waals surface area contributed by atoms with Gasteiger partial charge >= 0.3 is 0 Å². The van der Waals surface area contributed by atoms with Crippen LogP contribution in [0.2, 0.25) is 0 Å². The highest BCUT2D eigenvalue weighted by atomic mass is 16.5. The minimum absolute atomic E-state index is 0.0860. The Morgan fingerprint density at radius 3 is 2.70 bits per heavy atom. The van der Waals surface area contributed by atoms with Crippen LogP contribution >= 0.6 is 0 Å². The van der Waals surface area contributed by atoms with Crippen LogP contribution in [0.1, 0.15) is 44.8 Å². The zero-order valence-corrected chi connectivity index (χ0v) is 13.5. The molecule has 20 heavy (non-hydrogen) atoms. The zero-order valence-electron chi connectivity index (χ0n) is 13.5. The molecule has 1 rings (SSSR count). The Morgan fingerprint density at radius 2 is 2.05 bits per heavy atom. The Labute approximate surface area is 122 Å². The van der Waals surface area contributed by atoms with Crippen molar-refractivity contribution in [1.82, 2.24) is 5.32 Å². The number of ether oxygens (including phenoxy) is 2. The molecule has 0 saturated carbocycles. The SMILES string of the molecule is CCOCC(C)OCc1cc(CNCC(C)C)c(C)o1. The van der Waals surface area contributed by atoms with Crippen LogP contribution in [-0.4, -0.2) is 25.9 Å². The van der Waals surface area contributed by atoms with E-state index in [1.165, 1.54) is 5.56 Å². The van der Waals surface area contributed by atoms with Gasteiger partial charge in [-0.1, -0.05) is 13.8 Å². The Hall–Kier alpha value is -0.840. The monoisotopic (exact) mass is 283 g/mol. The van der Waals surface area contributed by atoms with E-state index in [0.29, 0.717) is 19.1 Å². The first-order chi connectivity index (χ1) is 9.52. The summed E-state index contributed by atoms with van der Waals surface area (Å²) in [6.45, 7) is 14.1. The van der Waals surface area contributed by atoms with Crippen LogP contribution in [0.3, 0.4) is 0 Å².